The lowest BCUT2D eigenvalue weighted by molar-refractivity contribution is -0.117. The molecule has 150 valence electrons. The van der Waals surface area contributed by atoms with E-state index < -0.39 is 10.0 Å². The Kier molecular flexibility index (Phi) is 6.02. The molecule has 2 aromatic carbocycles. The third-order valence-corrected chi connectivity index (χ3v) is 6.00. The van der Waals surface area contributed by atoms with Crippen molar-refractivity contribution in [3.05, 3.63) is 53.6 Å². The number of nitrogens with one attached hydrogen (secondary N) is 1. The van der Waals surface area contributed by atoms with Crippen LogP contribution in [-0.2, 0) is 14.8 Å². The van der Waals surface area contributed by atoms with Gasteiger partial charge < -0.3 is 10.2 Å². The van der Waals surface area contributed by atoms with Gasteiger partial charge >= 0.3 is 0 Å². The van der Waals surface area contributed by atoms with Crippen molar-refractivity contribution in [3.8, 4) is 0 Å². The van der Waals surface area contributed by atoms with Crippen LogP contribution in [0.25, 0.3) is 0 Å². The van der Waals surface area contributed by atoms with Crippen LogP contribution in [0.15, 0.2) is 47.4 Å². The molecule has 3 N–H and O–H groups in total. The van der Waals surface area contributed by atoms with E-state index in [-0.39, 0.29) is 17.3 Å². The summed E-state index contributed by atoms with van der Waals surface area (Å²) in [6, 6.07) is 13.2. The summed E-state index contributed by atoms with van der Waals surface area (Å²) in [6.45, 7) is 7.20. The fourth-order valence-corrected chi connectivity index (χ4v) is 3.94. The Bertz CT molecular complexity index is 953. The number of piperazine rings is 1. The molecule has 7 nitrogen and oxygen atoms in total. The lowest BCUT2D eigenvalue weighted by Gasteiger charge is -2.35. The lowest BCUT2D eigenvalue weighted by atomic mass is 10.1. The van der Waals surface area contributed by atoms with Crippen LogP contribution in [-0.4, -0.2) is 51.9 Å². The smallest absolute Gasteiger partial charge is 0.238 e. The topological polar surface area (TPSA) is 95.7 Å². The normalized spacial score (nSPS) is 15.5. The van der Waals surface area contributed by atoms with E-state index in [4.69, 9.17) is 5.14 Å². The average Bonchev–Trinajstić information content (AvgIpc) is 2.65. The monoisotopic (exact) mass is 402 g/mol. The molecule has 0 saturated carbocycles. The van der Waals surface area contributed by atoms with Gasteiger partial charge in [-0.3, -0.25) is 9.69 Å². The summed E-state index contributed by atoms with van der Waals surface area (Å²) in [6.07, 6.45) is 0. The lowest BCUT2D eigenvalue weighted by Crippen LogP contribution is -2.48. The number of nitrogens with zero attached hydrogens (tertiary/aromatic N) is 2. The Morgan fingerprint density at radius 2 is 1.71 bits per heavy atom. The average molecular weight is 403 g/mol. The van der Waals surface area contributed by atoms with Gasteiger partial charge in [0.15, 0.2) is 0 Å². The summed E-state index contributed by atoms with van der Waals surface area (Å²) >= 11 is 0. The van der Waals surface area contributed by atoms with Crippen molar-refractivity contribution in [1.82, 2.24) is 4.90 Å². The molecule has 0 aromatic heterocycles. The Balaban J connectivity index is 1.60. The van der Waals surface area contributed by atoms with E-state index in [2.05, 4.69) is 27.2 Å². The molecule has 0 radical (unpaired) electrons. The van der Waals surface area contributed by atoms with E-state index in [1.165, 1.54) is 17.8 Å². The molecule has 1 amide bonds. The molecular formula is C20H26N4O3S. The van der Waals surface area contributed by atoms with Crippen molar-refractivity contribution in [2.75, 3.05) is 42.9 Å². The van der Waals surface area contributed by atoms with E-state index in [1.54, 1.807) is 6.92 Å². The molecule has 1 aliphatic rings. The van der Waals surface area contributed by atoms with Gasteiger partial charge in [-0.15, -0.1) is 0 Å². The third kappa shape index (κ3) is 4.89. The number of sulfonamides is 1. The number of hydrogen-bond acceptors (Lipinski definition) is 5. The molecule has 2 aromatic rings. The molecular weight excluding hydrogens is 376 g/mol. The maximum atomic E-state index is 12.5. The molecule has 3 rings (SSSR count). The molecule has 1 aliphatic heterocycles. The number of hydrogen-bond donors (Lipinski definition) is 2. The standard InChI is InChI=1S/C20H26N4O3S/c1-15-12-18(28(21,26)27)13-19(16(15)2)22-20(25)14-23-8-10-24(11-9-23)17-6-4-3-5-7-17/h3-7,12-13H,8-11,14H2,1-2H3,(H,22,25)(H2,21,26,27). The van der Waals surface area contributed by atoms with Crippen molar-refractivity contribution in [2.24, 2.45) is 5.14 Å². The van der Waals surface area contributed by atoms with E-state index in [0.717, 1.165) is 37.3 Å². The molecule has 0 aliphatic carbocycles. The first kappa shape index (κ1) is 20.3. The molecule has 1 heterocycles. The van der Waals surface area contributed by atoms with Crippen LogP contribution >= 0.6 is 0 Å². The van der Waals surface area contributed by atoms with E-state index >= 15 is 0 Å². The second kappa shape index (κ2) is 8.30. The third-order valence-electron chi connectivity index (χ3n) is 5.10. The van der Waals surface area contributed by atoms with Crippen LogP contribution in [0.2, 0.25) is 0 Å². The van der Waals surface area contributed by atoms with Gasteiger partial charge in [0.1, 0.15) is 0 Å². The number of nitrogens with two attached hydrogens (primary N) is 1. The quantitative estimate of drug-likeness (QED) is 0.794. The molecule has 8 heteroatoms. The minimum absolute atomic E-state index is 0.00220. The molecule has 1 fully saturated rings. The Morgan fingerprint density at radius 1 is 1.07 bits per heavy atom. The second-order valence-electron chi connectivity index (χ2n) is 7.10. The minimum Gasteiger partial charge on any atom is -0.369 e. The van der Waals surface area contributed by atoms with Gasteiger partial charge in [0.25, 0.3) is 0 Å². The fraction of sp³-hybridized carbons (Fsp3) is 0.350. The Morgan fingerprint density at radius 3 is 2.32 bits per heavy atom. The highest BCUT2D eigenvalue weighted by molar-refractivity contribution is 7.89. The zero-order valence-electron chi connectivity index (χ0n) is 16.2. The van der Waals surface area contributed by atoms with Crippen molar-refractivity contribution in [3.63, 3.8) is 0 Å². The van der Waals surface area contributed by atoms with Crippen LogP contribution in [0.3, 0.4) is 0 Å². The van der Waals surface area contributed by atoms with Crippen molar-refractivity contribution in [1.29, 1.82) is 0 Å². The van der Waals surface area contributed by atoms with Gasteiger partial charge in [-0.1, -0.05) is 18.2 Å². The zero-order chi connectivity index (χ0) is 20.3. The van der Waals surface area contributed by atoms with Gasteiger partial charge in [0.05, 0.1) is 11.4 Å². The highest BCUT2D eigenvalue weighted by Gasteiger charge is 2.20. The summed E-state index contributed by atoms with van der Waals surface area (Å²) in [7, 11) is -3.83. The number of benzene rings is 2. The van der Waals surface area contributed by atoms with Crippen molar-refractivity contribution < 1.29 is 13.2 Å². The van der Waals surface area contributed by atoms with Crippen LogP contribution in [0.5, 0.6) is 0 Å². The van der Waals surface area contributed by atoms with E-state index in [1.807, 2.05) is 25.1 Å². The maximum Gasteiger partial charge on any atom is 0.238 e. The van der Waals surface area contributed by atoms with Crippen LogP contribution in [0, 0.1) is 13.8 Å². The Labute approximate surface area is 166 Å². The van der Waals surface area contributed by atoms with Crippen molar-refractivity contribution >= 4 is 27.3 Å². The highest BCUT2D eigenvalue weighted by Crippen LogP contribution is 2.23. The number of para-hydroxylation sites is 1. The van der Waals surface area contributed by atoms with Crippen LogP contribution in [0.1, 0.15) is 11.1 Å². The summed E-state index contributed by atoms with van der Waals surface area (Å²) in [5.74, 6) is -0.165. The number of anilines is 2. The summed E-state index contributed by atoms with van der Waals surface area (Å²) in [5.41, 5.74) is 3.27. The fourth-order valence-electron chi connectivity index (χ4n) is 3.32. The minimum atomic E-state index is -3.83. The number of rotatable bonds is 5. The number of aryl methyl sites for hydroxylation is 1. The van der Waals surface area contributed by atoms with E-state index in [9.17, 15) is 13.2 Å². The number of amides is 1. The van der Waals surface area contributed by atoms with Crippen LogP contribution < -0.4 is 15.4 Å². The van der Waals surface area contributed by atoms with Gasteiger partial charge in [-0.05, 0) is 49.2 Å². The summed E-state index contributed by atoms with van der Waals surface area (Å²) < 4.78 is 23.3. The molecule has 1 saturated heterocycles. The van der Waals surface area contributed by atoms with Crippen molar-refractivity contribution in [2.45, 2.75) is 18.7 Å². The molecule has 0 spiro atoms. The first-order valence-electron chi connectivity index (χ1n) is 9.20. The number of primary sulfonamides is 1. The van der Waals surface area contributed by atoms with Crippen LogP contribution in [0.4, 0.5) is 11.4 Å². The predicted octanol–water partition coefficient (Wildman–Crippen LogP) is 1.71. The molecule has 28 heavy (non-hydrogen) atoms. The summed E-state index contributed by atoms with van der Waals surface area (Å²) in [5, 5.41) is 8.07. The number of carbonyl (C=O) groups is 1. The van der Waals surface area contributed by atoms with Gasteiger partial charge in [0, 0.05) is 37.6 Å². The maximum absolute atomic E-state index is 12.5. The van der Waals surface area contributed by atoms with Gasteiger partial charge in [-0.25, -0.2) is 13.6 Å². The zero-order valence-corrected chi connectivity index (χ0v) is 17.0. The first-order chi connectivity index (χ1) is 13.2. The molecule has 0 bridgehead atoms. The SMILES string of the molecule is Cc1cc(S(N)(=O)=O)cc(NC(=O)CN2CCN(c3ccccc3)CC2)c1C. The first-order valence-corrected chi connectivity index (χ1v) is 10.7. The molecule has 0 unspecified atom stereocenters. The summed E-state index contributed by atoms with van der Waals surface area (Å²) in [4.78, 5) is 16.9. The molecule has 0 atom stereocenters. The second-order valence-corrected chi connectivity index (χ2v) is 8.67. The highest BCUT2D eigenvalue weighted by atomic mass is 32.2. The predicted molar refractivity (Wildman–Crippen MR) is 111 cm³/mol. The van der Waals surface area contributed by atoms with Gasteiger partial charge in [0.2, 0.25) is 15.9 Å². The van der Waals surface area contributed by atoms with E-state index in [0.29, 0.717) is 5.69 Å². The van der Waals surface area contributed by atoms with Gasteiger partial charge in [-0.2, -0.15) is 0 Å². The Hall–Kier alpha value is -2.42. The number of carbonyl (C=O) groups excluding carboxylic acids is 1. The largest absolute Gasteiger partial charge is 0.369 e.